The van der Waals surface area contributed by atoms with Crippen LogP contribution < -0.4 is 10.6 Å². The maximum atomic E-state index is 12.0. The quantitative estimate of drug-likeness (QED) is 0.860. The standard InChI is InChI=1S/C13H17N5O/c1-3-6-14-10-4-7-15-11(9-10)13(19)16-12-5-8-18(2)17-12/h4-5,7-9H,3,6H2,1-2H3,(H,14,15)(H,16,17,19). The van der Waals surface area contributed by atoms with E-state index in [1.165, 1.54) is 0 Å². The molecule has 2 N–H and O–H groups in total. The van der Waals surface area contributed by atoms with Crippen molar-refractivity contribution in [3.05, 3.63) is 36.3 Å². The van der Waals surface area contributed by atoms with Crippen LogP contribution in [0.15, 0.2) is 30.6 Å². The Morgan fingerprint density at radius 1 is 1.42 bits per heavy atom. The van der Waals surface area contributed by atoms with E-state index in [1.807, 2.05) is 6.07 Å². The molecule has 1 amide bonds. The monoisotopic (exact) mass is 259 g/mol. The second-order valence-electron chi connectivity index (χ2n) is 4.19. The minimum Gasteiger partial charge on any atom is -0.385 e. The summed E-state index contributed by atoms with van der Waals surface area (Å²) in [6.07, 6.45) is 4.41. The van der Waals surface area contributed by atoms with Crippen LogP contribution in [0.5, 0.6) is 0 Å². The summed E-state index contributed by atoms with van der Waals surface area (Å²) in [6.45, 7) is 2.95. The Morgan fingerprint density at radius 2 is 2.26 bits per heavy atom. The number of amides is 1. The fraction of sp³-hybridized carbons (Fsp3) is 0.308. The highest BCUT2D eigenvalue weighted by Crippen LogP contribution is 2.10. The Balaban J connectivity index is 2.06. The summed E-state index contributed by atoms with van der Waals surface area (Å²) >= 11 is 0. The molecule has 0 saturated heterocycles. The first-order valence-corrected chi connectivity index (χ1v) is 6.20. The van der Waals surface area contributed by atoms with Gasteiger partial charge in [-0.15, -0.1) is 0 Å². The predicted molar refractivity (Wildman–Crippen MR) is 74.2 cm³/mol. The van der Waals surface area contributed by atoms with Gasteiger partial charge in [-0.3, -0.25) is 14.5 Å². The highest BCUT2D eigenvalue weighted by molar-refractivity contribution is 6.02. The normalized spacial score (nSPS) is 10.2. The molecule has 0 aliphatic rings. The minimum absolute atomic E-state index is 0.265. The third-order valence-electron chi connectivity index (χ3n) is 2.53. The number of anilines is 2. The van der Waals surface area contributed by atoms with Crippen molar-refractivity contribution in [1.29, 1.82) is 0 Å². The van der Waals surface area contributed by atoms with Crippen molar-refractivity contribution in [2.45, 2.75) is 13.3 Å². The zero-order chi connectivity index (χ0) is 13.7. The molecule has 0 aliphatic heterocycles. The summed E-state index contributed by atoms with van der Waals surface area (Å²) in [5.41, 5.74) is 1.26. The average Bonchev–Trinajstić information content (AvgIpc) is 2.82. The number of hydrogen-bond donors (Lipinski definition) is 2. The van der Waals surface area contributed by atoms with Crippen molar-refractivity contribution in [1.82, 2.24) is 14.8 Å². The number of aromatic nitrogens is 3. The molecule has 19 heavy (non-hydrogen) atoms. The van der Waals surface area contributed by atoms with Gasteiger partial charge in [-0.25, -0.2) is 0 Å². The summed E-state index contributed by atoms with van der Waals surface area (Å²) in [4.78, 5) is 16.1. The predicted octanol–water partition coefficient (Wildman–Crippen LogP) is 1.89. The Bertz CT molecular complexity index is 564. The summed E-state index contributed by atoms with van der Waals surface area (Å²) in [5, 5.41) is 10.0. The molecule has 6 nitrogen and oxygen atoms in total. The van der Waals surface area contributed by atoms with Gasteiger partial charge in [-0.2, -0.15) is 5.10 Å². The Kier molecular flexibility index (Phi) is 4.12. The minimum atomic E-state index is -0.265. The van der Waals surface area contributed by atoms with Gasteiger partial charge in [0.1, 0.15) is 5.69 Å². The number of pyridine rings is 1. The lowest BCUT2D eigenvalue weighted by atomic mass is 10.3. The van der Waals surface area contributed by atoms with Crippen molar-refractivity contribution in [2.75, 3.05) is 17.2 Å². The van der Waals surface area contributed by atoms with E-state index in [0.717, 1.165) is 18.7 Å². The highest BCUT2D eigenvalue weighted by Gasteiger charge is 2.09. The molecule has 0 radical (unpaired) electrons. The molecule has 0 aromatic carbocycles. The van der Waals surface area contributed by atoms with Crippen molar-refractivity contribution < 1.29 is 4.79 Å². The molecule has 2 aromatic heterocycles. The number of hydrogen-bond acceptors (Lipinski definition) is 4. The van der Waals surface area contributed by atoms with E-state index in [2.05, 4.69) is 27.6 Å². The molecule has 0 aliphatic carbocycles. The lowest BCUT2D eigenvalue weighted by molar-refractivity contribution is 0.102. The van der Waals surface area contributed by atoms with E-state index < -0.39 is 0 Å². The molecule has 2 heterocycles. The second-order valence-corrected chi connectivity index (χ2v) is 4.19. The molecule has 0 saturated carbocycles. The SMILES string of the molecule is CCCNc1ccnc(C(=O)Nc2ccn(C)n2)c1. The number of aryl methyl sites for hydroxylation is 1. The largest absolute Gasteiger partial charge is 0.385 e. The highest BCUT2D eigenvalue weighted by atomic mass is 16.1. The van der Waals surface area contributed by atoms with E-state index in [4.69, 9.17) is 0 Å². The van der Waals surface area contributed by atoms with E-state index in [1.54, 1.807) is 36.3 Å². The Morgan fingerprint density at radius 3 is 2.95 bits per heavy atom. The third kappa shape index (κ3) is 3.54. The van der Waals surface area contributed by atoms with Crippen molar-refractivity contribution >= 4 is 17.4 Å². The molecule has 0 spiro atoms. The molecule has 100 valence electrons. The van der Waals surface area contributed by atoms with Crippen LogP contribution in [0.4, 0.5) is 11.5 Å². The van der Waals surface area contributed by atoms with Crippen molar-refractivity contribution in [2.24, 2.45) is 7.05 Å². The van der Waals surface area contributed by atoms with Gasteiger partial charge in [0.25, 0.3) is 5.91 Å². The molecule has 0 unspecified atom stereocenters. The maximum Gasteiger partial charge on any atom is 0.275 e. The van der Waals surface area contributed by atoms with Gasteiger partial charge in [-0.1, -0.05) is 6.92 Å². The van der Waals surface area contributed by atoms with Gasteiger partial charge in [0.2, 0.25) is 0 Å². The maximum absolute atomic E-state index is 12.0. The van der Waals surface area contributed by atoms with Crippen LogP contribution in [-0.4, -0.2) is 27.2 Å². The number of carbonyl (C=O) groups excluding carboxylic acids is 1. The lowest BCUT2D eigenvalue weighted by Crippen LogP contribution is -2.14. The van der Waals surface area contributed by atoms with Gasteiger partial charge in [0, 0.05) is 37.7 Å². The average molecular weight is 259 g/mol. The third-order valence-corrected chi connectivity index (χ3v) is 2.53. The Hall–Kier alpha value is -2.37. The molecule has 2 aromatic rings. The molecule has 0 atom stereocenters. The number of carbonyl (C=O) groups is 1. The van der Waals surface area contributed by atoms with Crippen LogP contribution in [-0.2, 0) is 7.05 Å². The fourth-order valence-corrected chi connectivity index (χ4v) is 1.60. The first-order valence-electron chi connectivity index (χ1n) is 6.20. The number of nitrogens with zero attached hydrogens (tertiary/aromatic N) is 3. The summed E-state index contributed by atoms with van der Waals surface area (Å²) < 4.78 is 1.63. The zero-order valence-electron chi connectivity index (χ0n) is 11.1. The molecule has 0 fully saturated rings. The van der Waals surface area contributed by atoms with Gasteiger partial charge >= 0.3 is 0 Å². The van der Waals surface area contributed by atoms with Crippen LogP contribution >= 0.6 is 0 Å². The molecule has 2 rings (SSSR count). The number of nitrogens with one attached hydrogen (secondary N) is 2. The van der Waals surface area contributed by atoms with Gasteiger partial charge < -0.3 is 10.6 Å². The van der Waals surface area contributed by atoms with E-state index in [-0.39, 0.29) is 5.91 Å². The molecule has 0 bridgehead atoms. The Labute approximate surface area is 111 Å². The molecular formula is C13H17N5O. The van der Waals surface area contributed by atoms with Crippen molar-refractivity contribution in [3.8, 4) is 0 Å². The summed E-state index contributed by atoms with van der Waals surface area (Å²) in [5.74, 6) is 0.250. The van der Waals surface area contributed by atoms with E-state index >= 15 is 0 Å². The van der Waals surface area contributed by atoms with Gasteiger partial charge in [-0.05, 0) is 18.6 Å². The summed E-state index contributed by atoms with van der Waals surface area (Å²) in [7, 11) is 1.79. The summed E-state index contributed by atoms with van der Waals surface area (Å²) in [6, 6.07) is 5.30. The van der Waals surface area contributed by atoms with E-state index in [0.29, 0.717) is 11.5 Å². The topological polar surface area (TPSA) is 71.8 Å². The van der Waals surface area contributed by atoms with Crippen LogP contribution in [0.25, 0.3) is 0 Å². The number of rotatable bonds is 5. The fourth-order valence-electron chi connectivity index (χ4n) is 1.60. The first kappa shape index (κ1) is 13.1. The van der Waals surface area contributed by atoms with Gasteiger partial charge in [0.05, 0.1) is 0 Å². The molecular weight excluding hydrogens is 242 g/mol. The van der Waals surface area contributed by atoms with Crippen LogP contribution in [0.2, 0.25) is 0 Å². The second kappa shape index (κ2) is 5.99. The molecule has 6 heteroatoms. The van der Waals surface area contributed by atoms with E-state index in [9.17, 15) is 4.79 Å². The van der Waals surface area contributed by atoms with Crippen LogP contribution in [0, 0.1) is 0 Å². The smallest absolute Gasteiger partial charge is 0.275 e. The van der Waals surface area contributed by atoms with Gasteiger partial charge in [0.15, 0.2) is 5.82 Å². The lowest BCUT2D eigenvalue weighted by Gasteiger charge is -2.06. The first-order chi connectivity index (χ1) is 9.19. The van der Waals surface area contributed by atoms with Crippen molar-refractivity contribution in [3.63, 3.8) is 0 Å². The zero-order valence-corrected chi connectivity index (χ0v) is 11.1. The van der Waals surface area contributed by atoms with Crippen LogP contribution in [0.3, 0.4) is 0 Å². The van der Waals surface area contributed by atoms with Crippen LogP contribution in [0.1, 0.15) is 23.8 Å².